The molecule has 0 aliphatic heterocycles. The molecule has 1 rings (SSSR count). The van der Waals surface area contributed by atoms with Crippen molar-refractivity contribution in [2.75, 3.05) is 12.3 Å². The predicted molar refractivity (Wildman–Crippen MR) is 83.8 cm³/mol. The molecule has 0 fully saturated rings. The first-order valence-corrected chi connectivity index (χ1v) is 7.80. The van der Waals surface area contributed by atoms with E-state index < -0.39 is 17.7 Å². The number of nitrogens with one attached hydrogen (secondary N) is 1. The van der Waals surface area contributed by atoms with Crippen LogP contribution in [0.1, 0.15) is 36.7 Å². The third-order valence-electron chi connectivity index (χ3n) is 2.38. The van der Waals surface area contributed by atoms with Crippen LogP contribution in [0, 0.1) is 0 Å². The van der Waals surface area contributed by atoms with Gasteiger partial charge >= 0.3 is 12.1 Å². The van der Waals surface area contributed by atoms with Crippen LogP contribution in [0.5, 0.6) is 0 Å². The lowest BCUT2D eigenvalue weighted by Gasteiger charge is -2.19. The molecular formula is C15H21NO4S. The fourth-order valence-electron chi connectivity index (χ4n) is 1.47. The summed E-state index contributed by atoms with van der Waals surface area (Å²) in [6.07, 6.45) is -0.408. The van der Waals surface area contributed by atoms with Gasteiger partial charge < -0.3 is 15.2 Å². The monoisotopic (exact) mass is 311 g/mol. The maximum absolute atomic E-state index is 11.4. The molecule has 2 N–H and O–H groups in total. The normalized spacial score (nSPS) is 11.0. The summed E-state index contributed by atoms with van der Waals surface area (Å²) < 4.78 is 5.12. The van der Waals surface area contributed by atoms with E-state index in [4.69, 9.17) is 9.84 Å². The van der Waals surface area contributed by atoms with Crippen LogP contribution in [0.2, 0.25) is 0 Å². The lowest BCUT2D eigenvalue weighted by molar-refractivity contribution is 0.0530. The molecular weight excluding hydrogens is 290 g/mol. The van der Waals surface area contributed by atoms with Crippen molar-refractivity contribution in [3.05, 3.63) is 35.4 Å². The Bertz CT molecular complexity index is 479. The van der Waals surface area contributed by atoms with E-state index in [0.717, 1.165) is 17.1 Å². The van der Waals surface area contributed by atoms with Crippen molar-refractivity contribution in [3.63, 3.8) is 0 Å². The Balaban J connectivity index is 2.19. The van der Waals surface area contributed by atoms with Crippen molar-refractivity contribution in [1.82, 2.24) is 5.32 Å². The molecule has 0 heterocycles. The van der Waals surface area contributed by atoms with Gasteiger partial charge in [0, 0.05) is 18.1 Å². The summed E-state index contributed by atoms with van der Waals surface area (Å²) in [6, 6.07) is 6.80. The smallest absolute Gasteiger partial charge is 0.407 e. The minimum absolute atomic E-state index is 0.287. The number of hydrogen-bond donors (Lipinski definition) is 2. The third kappa shape index (κ3) is 7.60. The van der Waals surface area contributed by atoms with E-state index in [9.17, 15) is 9.59 Å². The molecule has 1 amide bonds. The van der Waals surface area contributed by atoms with Gasteiger partial charge in [0.25, 0.3) is 0 Å². The number of thioether (sulfide) groups is 1. The minimum atomic E-state index is -0.921. The molecule has 0 saturated heterocycles. The molecule has 116 valence electrons. The number of carboxylic acids is 1. The molecule has 0 aromatic heterocycles. The number of ether oxygens (including phenoxy) is 1. The number of carbonyl (C=O) groups excluding carboxylic acids is 1. The van der Waals surface area contributed by atoms with Crippen molar-refractivity contribution in [1.29, 1.82) is 0 Å². The van der Waals surface area contributed by atoms with E-state index >= 15 is 0 Å². The Hall–Kier alpha value is -1.69. The Morgan fingerprint density at radius 3 is 2.38 bits per heavy atom. The van der Waals surface area contributed by atoms with Gasteiger partial charge in [0.05, 0.1) is 5.56 Å². The van der Waals surface area contributed by atoms with Crippen LogP contribution in [0.15, 0.2) is 24.3 Å². The van der Waals surface area contributed by atoms with E-state index in [2.05, 4.69) is 5.32 Å². The van der Waals surface area contributed by atoms with Crippen LogP contribution in [-0.4, -0.2) is 35.1 Å². The van der Waals surface area contributed by atoms with Gasteiger partial charge in [-0.05, 0) is 38.5 Å². The summed E-state index contributed by atoms with van der Waals surface area (Å²) in [5.74, 6) is 0.617. The first kappa shape index (κ1) is 17.4. The van der Waals surface area contributed by atoms with E-state index in [0.29, 0.717) is 6.54 Å². The summed E-state index contributed by atoms with van der Waals surface area (Å²) in [4.78, 5) is 22.1. The SMILES string of the molecule is CC(C)(C)OC(=O)NCCSCc1ccc(C(=O)O)cc1. The molecule has 0 aliphatic rings. The first-order chi connectivity index (χ1) is 9.78. The molecule has 1 aromatic carbocycles. The standard InChI is InChI=1S/C15H21NO4S/c1-15(2,3)20-14(19)16-8-9-21-10-11-4-6-12(7-5-11)13(17)18/h4-7H,8-10H2,1-3H3,(H,16,19)(H,17,18). The van der Waals surface area contributed by atoms with Crippen molar-refractivity contribution in [2.24, 2.45) is 0 Å². The average Bonchev–Trinajstić information content (AvgIpc) is 2.36. The summed E-state index contributed by atoms with van der Waals surface area (Å²) in [7, 11) is 0. The van der Waals surface area contributed by atoms with Crippen LogP contribution in [-0.2, 0) is 10.5 Å². The highest BCUT2D eigenvalue weighted by Crippen LogP contribution is 2.13. The topological polar surface area (TPSA) is 75.6 Å². The van der Waals surface area contributed by atoms with E-state index in [-0.39, 0.29) is 5.56 Å². The fraction of sp³-hybridized carbons (Fsp3) is 0.467. The molecule has 0 unspecified atom stereocenters. The average molecular weight is 311 g/mol. The number of benzene rings is 1. The summed E-state index contributed by atoms with van der Waals surface area (Å²) in [6.45, 7) is 6.00. The quantitative estimate of drug-likeness (QED) is 0.789. The second-order valence-corrected chi connectivity index (χ2v) is 6.59. The zero-order valence-electron chi connectivity index (χ0n) is 12.5. The van der Waals surface area contributed by atoms with E-state index in [1.807, 2.05) is 20.8 Å². The molecule has 0 aliphatic carbocycles. The van der Waals surface area contributed by atoms with Gasteiger partial charge in [0.2, 0.25) is 0 Å². The largest absolute Gasteiger partial charge is 0.478 e. The van der Waals surface area contributed by atoms with Gasteiger partial charge in [-0.3, -0.25) is 0 Å². The Morgan fingerprint density at radius 1 is 1.24 bits per heavy atom. The van der Waals surface area contributed by atoms with Crippen molar-refractivity contribution < 1.29 is 19.4 Å². The number of rotatable bonds is 6. The number of alkyl carbamates (subject to hydrolysis) is 1. The van der Waals surface area contributed by atoms with Crippen LogP contribution in [0.25, 0.3) is 0 Å². The summed E-state index contributed by atoms with van der Waals surface area (Å²) >= 11 is 1.66. The van der Waals surface area contributed by atoms with Gasteiger partial charge in [-0.15, -0.1) is 0 Å². The Labute approximate surface area is 129 Å². The van der Waals surface area contributed by atoms with E-state index in [1.165, 1.54) is 0 Å². The second kappa shape index (κ2) is 7.93. The molecule has 0 atom stereocenters. The van der Waals surface area contributed by atoms with Crippen molar-refractivity contribution >= 4 is 23.8 Å². The maximum atomic E-state index is 11.4. The molecule has 5 nitrogen and oxygen atoms in total. The molecule has 0 radical (unpaired) electrons. The molecule has 0 spiro atoms. The van der Waals surface area contributed by atoms with Gasteiger partial charge in [0.1, 0.15) is 5.60 Å². The second-order valence-electron chi connectivity index (χ2n) is 5.48. The number of amides is 1. The van der Waals surface area contributed by atoms with Crippen LogP contribution >= 0.6 is 11.8 Å². The summed E-state index contributed by atoms with van der Waals surface area (Å²) in [5, 5.41) is 11.5. The highest BCUT2D eigenvalue weighted by atomic mass is 32.2. The number of hydrogen-bond acceptors (Lipinski definition) is 4. The van der Waals surface area contributed by atoms with Gasteiger partial charge in [-0.2, -0.15) is 11.8 Å². The van der Waals surface area contributed by atoms with E-state index in [1.54, 1.807) is 36.0 Å². The van der Waals surface area contributed by atoms with Crippen LogP contribution < -0.4 is 5.32 Å². The Morgan fingerprint density at radius 2 is 1.86 bits per heavy atom. The zero-order chi connectivity index (χ0) is 15.9. The minimum Gasteiger partial charge on any atom is -0.478 e. The number of carbonyl (C=O) groups is 2. The van der Waals surface area contributed by atoms with Gasteiger partial charge in [-0.25, -0.2) is 9.59 Å². The first-order valence-electron chi connectivity index (χ1n) is 6.65. The zero-order valence-corrected chi connectivity index (χ0v) is 13.3. The predicted octanol–water partition coefficient (Wildman–Crippen LogP) is 3.14. The fourth-order valence-corrected chi connectivity index (χ4v) is 2.29. The highest BCUT2D eigenvalue weighted by Gasteiger charge is 2.15. The number of aromatic carboxylic acids is 1. The molecule has 21 heavy (non-hydrogen) atoms. The molecule has 6 heteroatoms. The molecule has 1 aromatic rings. The lowest BCUT2D eigenvalue weighted by atomic mass is 10.1. The van der Waals surface area contributed by atoms with Gasteiger partial charge in [0.15, 0.2) is 0 Å². The summed E-state index contributed by atoms with van der Waals surface area (Å²) in [5.41, 5.74) is 0.862. The molecule has 0 bridgehead atoms. The lowest BCUT2D eigenvalue weighted by Crippen LogP contribution is -2.33. The van der Waals surface area contributed by atoms with Crippen LogP contribution in [0.3, 0.4) is 0 Å². The van der Waals surface area contributed by atoms with Gasteiger partial charge in [-0.1, -0.05) is 12.1 Å². The maximum Gasteiger partial charge on any atom is 0.407 e. The number of carboxylic acid groups (broad SMARTS) is 1. The highest BCUT2D eigenvalue weighted by molar-refractivity contribution is 7.98. The van der Waals surface area contributed by atoms with Crippen LogP contribution in [0.4, 0.5) is 4.79 Å². The Kier molecular flexibility index (Phi) is 6.55. The molecule has 0 saturated carbocycles. The van der Waals surface area contributed by atoms with Crippen molar-refractivity contribution in [3.8, 4) is 0 Å². The van der Waals surface area contributed by atoms with Crippen molar-refractivity contribution in [2.45, 2.75) is 32.1 Å². The third-order valence-corrected chi connectivity index (χ3v) is 3.41.